The molecule has 0 aromatic heterocycles. The summed E-state index contributed by atoms with van der Waals surface area (Å²) in [5.41, 5.74) is -0.942. The fraction of sp³-hybridized carbons (Fsp3) is 0.571. The fourth-order valence-electron chi connectivity index (χ4n) is 2.45. The predicted molar refractivity (Wildman–Crippen MR) is 71.7 cm³/mol. The van der Waals surface area contributed by atoms with Crippen molar-refractivity contribution in [3.05, 3.63) is 29.8 Å². The molecule has 0 aliphatic carbocycles. The first-order valence-corrected chi connectivity index (χ1v) is 8.32. The van der Waals surface area contributed by atoms with E-state index >= 15 is 0 Å². The number of sulfone groups is 1. The number of ether oxygens (including phenoxy) is 1. The van der Waals surface area contributed by atoms with E-state index in [0.717, 1.165) is 12.1 Å². The summed E-state index contributed by atoms with van der Waals surface area (Å²) in [4.78, 5) is -0.265. The Labute approximate surface area is 122 Å². The smallest absolute Gasteiger partial charge is 0.378 e. The Hall–Kier alpha value is -1.08. The zero-order valence-electron chi connectivity index (χ0n) is 11.6. The molecule has 2 unspecified atom stereocenters. The van der Waals surface area contributed by atoms with Gasteiger partial charge in [-0.05, 0) is 37.5 Å². The summed E-state index contributed by atoms with van der Waals surface area (Å²) in [6, 6.07) is 3.94. The summed E-state index contributed by atoms with van der Waals surface area (Å²) in [5.74, 6) is 0. The van der Waals surface area contributed by atoms with Crippen LogP contribution in [-0.4, -0.2) is 26.4 Å². The van der Waals surface area contributed by atoms with Gasteiger partial charge in [0.25, 0.3) is 0 Å². The first-order chi connectivity index (χ1) is 9.75. The average molecular weight is 322 g/mol. The second kappa shape index (κ2) is 5.96. The van der Waals surface area contributed by atoms with Crippen molar-refractivity contribution in [2.75, 3.05) is 6.61 Å². The number of rotatable bonds is 3. The first kappa shape index (κ1) is 16.3. The second-order valence-corrected chi connectivity index (χ2v) is 7.35. The molecule has 0 radical (unpaired) electrons. The van der Waals surface area contributed by atoms with Crippen LogP contribution in [-0.2, 0) is 20.8 Å². The molecule has 0 spiro atoms. The molecule has 2 atom stereocenters. The zero-order chi connectivity index (χ0) is 15.7. The number of hydrogen-bond donors (Lipinski definition) is 0. The van der Waals surface area contributed by atoms with Crippen LogP contribution in [0.4, 0.5) is 13.2 Å². The Morgan fingerprint density at radius 1 is 1.33 bits per heavy atom. The normalized spacial score (nSPS) is 24.0. The minimum absolute atomic E-state index is 0.149. The third-order valence-electron chi connectivity index (χ3n) is 3.70. The van der Waals surface area contributed by atoms with Crippen molar-refractivity contribution in [3.8, 4) is 0 Å². The molecule has 0 saturated carbocycles. The summed E-state index contributed by atoms with van der Waals surface area (Å²) >= 11 is 0. The highest BCUT2D eigenvalue weighted by atomic mass is 32.2. The van der Waals surface area contributed by atoms with Gasteiger partial charge in [-0.25, -0.2) is 8.42 Å². The number of benzene rings is 1. The van der Waals surface area contributed by atoms with Crippen LogP contribution in [0, 0.1) is 0 Å². The van der Waals surface area contributed by atoms with Crippen molar-refractivity contribution >= 4 is 9.84 Å². The highest BCUT2D eigenvalue weighted by molar-refractivity contribution is 7.92. The van der Waals surface area contributed by atoms with Crippen molar-refractivity contribution in [2.24, 2.45) is 0 Å². The van der Waals surface area contributed by atoms with Crippen molar-refractivity contribution in [1.29, 1.82) is 0 Å². The average Bonchev–Trinajstić information content (AvgIpc) is 2.46. The molecule has 3 nitrogen and oxygen atoms in total. The molecule has 1 aliphatic heterocycles. The van der Waals surface area contributed by atoms with Gasteiger partial charge in [0.2, 0.25) is 0 Å². The van der Waals surface area contributed by atoms with E-state index in [-0.39, 0.29) is 11.0 Å². The lowest BCUT2D eigenvalue weighted by molar-refractivity contribution is -0.137. The van der Waals surface area contributed by atoms with E-state index < -0.39 is 26.8 Å². The van der Waals surface area contributed by atoms with Crippen LogP contribution in [0.2, 0.25) is 0 Å². The molecule has 1 aliphatic rings. The SMILES string of the molecule is CCC1CC(S(=O)(=O)c2cccc(C(F)(F)F)c2)CCO1. The molecule has 1 aromatic rings. The van der Waals surface area contributed by atoms with Crippen LogP contribution in [0.15, 0.2) is 29.2 Å². The maximum Gasteiger partial charge on any atom is 0.416 e. The van der Waals surface area contributed by atoms with Gasteiger partial charge in [-0.1, -0.05) is 13.0 Å². The minimum Gasteiger partial charge on any atom is -0.378 e. The summed E-state index contributed by atoms with van der Waals surface area (Å²) in [6.07, 6.45) is -3.37. The highest BCUT2D eigenvalue weighted by Crippen LogP contribution is 2.33. The van der Waals surface area contributed by atoms with Crippen LogP contribution < -0.4 is 0 Å². The maximum atomic E-state index is 12.7. The van der Waals surface area contributed by atoms with E-state index in [1.807, 2.05) is 6.92 Å². The van der Waals surface area contributed by atoms with Crippen molar-refractivity contribution in [3.63, 3.8) is 0 Å². The molecule has 1 fully saturated rings. The standard InChI is InChI=1S/C14H17F3O3S/c1-2-11-9-13(6-7-20-11)21(18,19)12-5-3-4-10(8-12)14(15,16)17/h3-5,8,11,13H,2,6-7,9H2,1H3. The largest absolute Gasteiger partial charge is 0.416 e. The van der Waals surface area contributed by atoms with Crippen LogP contribution in [0.25, 0.3) is 0 Å². The Morgan fingerprint density at radius 3 is 2.67 bits per heavy atom. The summed E-state index contributed by atoms with van der Waals surface area (Å²) < 4.78 is 68.5. The fourth-order valence-corrected chi connectivity index (χ4v) is 4.27. The van der Waals surface area contributed by atoms with E-state index in [2.05, 4.69) is 0 Å². The van der Waals surface area contributed by atoms with Crippen LogP contribution in [0.5, 0.6) is 0 Å². The van der Waals surface area contributed by atoms with Gasteiger partial charge >= 0.3 is 6.18 Å². The van der Waals surface area contributed by atoms with Gasteiger partial charge in [-0.2, -0.15) is 13.2 Å². The Morgan fingerprint density at radius 2 is 2.05 bits per heavy atom. The monoisotopic (exact) mass is 322 g/mol. The van der Waals surface area contributed by atoms with Gasteiger partial charge in [0.05, 0.1) is 21.8 Å². The van der Waals surface area contributed by atoms with Gasteiger partial charge in [0.15, 0.2) is 9.84 Å². The number of alkyl halides is 3. The molecular formula is C14H17F3O3S. The van der Waals surface area contributed by atoms with Gasteiger partial charge in [0, 0.05) is 6.61 Å². The highest BCUT2D eigenvalue weighted by Gasteiger charge is 2.35. The van der Waals surface area contributed by atoms with E-state index in [0.29, 0.717) is 31.9 Å². The second-order valence-electron chi connectivity index (χ2n) is 5.12. The summed E-state index contributed by atoms with van der Waals surface area (Å²) in [7, 11) is -3.77. The molecule has 0 bridgehead atoms. The molecule has 7 heteroatoms. The van der Waals surface area contributed by atoms with Gasteiger partial charge in [0.1, 0.15) is 0 Å². The summed E-state index contributed by atoms with van der Waals surface area (Å²) in [5, 5.41) is -0.681. The predicted octanol–water partition coefficient (Wildman–Crippen LogP) is 3.44. The van der Waals surface area contributed by atoms with E-state index in [1.54, 1.807) is 0 Å². The lowest BCUT2D eigenvalue weighted by Gasteiger charge is -2.28. The van der Waals surface area contributed by atoms with Gasteiger partial charge in [-0.15, -0.1) is 0 Å². The molecule has 0 amide bonds. The molecular weight excluding hydrogens is 305 g/mol. The molecule has 1 heterocycles. The van der Waals surface area contributed by atoms with Crippen molar-refractivity contribution < 1.29 is 26.3 Å². The molecule has 1 aromatic carbocycles. The topological polar surface area (TPSA) is 43.4 Å². The van der Waals surface area contributed by atoms with Crippen LogP contribution >= 0.6 is 0 Å². The van der Waals surface area contributed by atoms with Crippen LogP contribution in [0.1, 0.15) is 31.7 Å². The molecule has 1 saturated heterocycles. The van der Waals surface area contributed by atoms with Gasteiger partial charge < -0.3 is 4.74 Å². The van der Waals surface area contributed by atoms with Crippen molar-refractivity contribution in [1.82, 2.24) is 0 Å². The molecule has 21 heavy (non-hydrogen) atoms. The first-order valence-electron chi connectivity index (χ1n) is 6.78. The minimum atomic E-state index is -4.55. The maximum absolute atomic E-state index is 12.7. The van der Waals surface area contributed by atoms with Crippen molar-refractivity contribution in [2.45, 2.75) is 48.6 Å². The Bertz CT molecular complexity index is 596. The molecule has 2 rings (SSSR count). The number of hydrogen-bond acceptors (Lipinski definition) is 3. The summed E-state index contributed by atoms with van der Waals surface area (Å²) in [6.45, 7) is 2.21. The quantitative estimate of drug-likeness (QED) is 0.856. The Kier molecular flexibility index (Phi) is 4.63. The van der Waals surface area contributed by atoms with Crippen LogP contribution in [0.3, 0.4) is 0 Å². The molecule has 0 N–H and O–H groups in total. The third-order valence-corrected chi connectivity index (χ3v) is 5.92. The van der Waals surface area contributed by atoms with E-state index in [4.69, 9.17) is 4.74 Å². The van der Waals surface area contributed by atoms with Gasteiger partial charge in [-0.3, -0.25) is 0 Å². The zero-order valence-corrected chi connectivity index (χ0v) is 12.4. The third kappa shape index (κ3) is 3.58. The molecule has 118 valence electrons. The lowest BCUT2D eigenvalue weighted by Crippen LogP contribution is -2.34. The Balaban J connectivity index is 2.31. The lowest BCUT2D eigenvalue weighted by atomic mass is 10.1. The number of halogens is 3. The van der Waals surface area contributed by atoms with E-state index in [1.165, 1.54) is 6.07 Å². The van der Waals surface area contributed by atoms with E-state index in [9.17, 15) is 21.6 Å².